The minimum atomic E-state index is 0.0834. The number of anilines is 1. The van der Waals surface area contributed by atoms with E-state index in [2.05, 4.69) is 57.3 Å². The number of nitrogens with zero attached hydrogens (tertiary/aromatic N) is 4. The molecule has 1 aromatic carbocycles. The van der Waals surface area contributed by atoms with Gasteiger partial charge in [-0.05, 0) is 52.7 Å². The third-order valence-electron chi connectivity index (χ3n) is 3.22. The number of hydrogen-bond donors (Lipinski definition) is 2. The molecule has 0 aliphatic rings. The van der Waals surface area contributed by atoms with Crippen LogP contribution in [0.4, 0.5) is 5.82 Å². The van der Waals surface area contributed by atoms with Crippen LogP contribution in [0.1, 0.15) is 11.3 Å². The smallest absolute Gasteiger partial charge is 0.165 e. The van der Waals surface area contributed by atoms with Gasteiger partial charge in [0.15, 0.2) is 11.6 Å². The highest BCUT2D eigenvalue weighted by Gasteiger charge is 2.13. The van der Waals surface area contributed by atoms with E-state index in [0.717, 1.165) is 15.7 Å². The van der Waals surface area contributed by atoms with E-state index in [0.29, 0.717) is 21.7 Å². The van der Waals surface area contributed by atoms with Crippen molar-refractivity contribution in [1.29, 1.82) is 0 Å². The lowest BCUT2D eigenvalue weighted by atomic mass is 10.2. The highest BCUT2D eigenvalue weighted by Crippen LogP contribution is 2.37. The molecular formula is C17H13Br2N5O. The number of halogens is 2. The Morgan fingerprint density at radius 1 is 1.12 bits per heavy atom. The Morgan fingerprint density at radius 2 is 1.88 bits per heavy atom. The molecule has 0 aliphatic heterocycles. The van der Waals surface area contributed by atoms with E-state index in [1.54, 1.807) is 36.8 Å². The van der Waals surface area contributed by atoms with E-state index in [1.807, 2.05) is 19.1 Å². The maximum absolute atomic E-state index is 10.3. The lowest BCUT2D eigenvalue weighted by Gasteiger charge is -2.09. The Bertz CT molecular complexity index is 932. The van der Waals surface area contributed by atoms with E-state index in [4.69, 9.17) is 0 Å². The van der Waals surface area contributed by atoms with Gasteiger partial charge in [0.25, 0.3) is 0 Å². The molecule has 0 bridgehead atoms. The van der Waals surface area contributed by atoms with Crippen LogP contribution in [-0.2, 0) is 0 Å². The van der Waals surface area contributed by atoms with Crippen molar-refractivity contribution in [3.8, 4) is 17.1 Å². The first kappa shape index (κ1) is 17.5. The van der Waals surface area contributed by atoms with Crippen LogP contribution in [-0.4, -0.2) is 26.3 Å². The molecule has 8 heteroatoms. The Kier molecular flexibility index (Phi) is 5.40. The van der Waals surface area contributed by atoms with Crippen molar-refractivity contribution < 1.29 is 5.11 Å². The Balaban J connectivity index is 1.90. The van der Waals surface area contributed by atoms with Crippen LogP contribution >= 0.6 is 31.9 Å². The van der Waals surface area contributed by atoms with E-state index >= 15 is 0 Å². The number of rotatable bonds is 4. The summed E-state index contributed by atoms with van der Waals surface area (Å²) in [6, 6.07) is 8.99. The van der Waals surface area contributed by atoms with Crippen LogP contribution in [0.15, 0.2) is 56.8 Å². The van der Waals surface area contributed by atoms with Crippen molar-refractivity contribution in [2.45, 2.75) is 6.92 Å². The van der Waals surface area contributed by atoms with Gasteiger partial charge in [0, 0.05) is 28.6 Å². The second-order valence-corrected chi connectivity index (χ2v) is 6.92. The van der Waals surface area contributed by atoms with Gasteiger partial charge in [0.2, 0.25) is 0 Å². The zero-order valence-electron chi connectivity index (χ0n) is 13.1. The molecule has 0 saturated heterocycles. The van der Waals surface area contributed by atoms with Crippen molar-refractivity contribution in [2.24, 2.45) is 5.10 Å². The van der Waals surface area contributed by atoms with Crippen molar-refractivity contribution in [1.82, 2.24) is 15.0 Å². The molecule has 25 heavy (non-hydrogen) atoms. The van der Waals surface area contributed by atoms with Crippen molar-refractivity contribution in [2.75, 3.05) is 5.43 Å². The Labute approximate surface area is 161 Å². The molecule has 3 aromatic rings. The number of phenolic OH excluding ortho intramolecular Hbond substituents is 1. The summed E-state index contributed by atoms with van der Waals surface area (Å²) in [6.07, 6.45) is 5.07. The van der Waals surface area contributed by atoms with Crippen LogP contribution in [0.25, 0.3) is 11.4 Å². The zero-order valence-corrected chi connectivity index (χ0v) is 16.3. The zero-order chi connectivity index (χ0) is 17.8. The molecule has 3 rings (SSSR count). The van der Waals surface area contributed by atoms with Crippen LogP contribution < -0.4 is 5.43 Å². The average Bonchev–Trinajstić information content (AvgIpc) is 2.58. The quantitative estimate of drug-likeness (QED) is 0.439. The SMILES string of the molecule is Cc1cc(N/N=C/c2ccncc2)nc(-c2cc(Br)cc(Br)c2O)n1. The molecule has 2 aromatic heterocycles. The number of nitrogens with one attached hydrogen (secondary N) is 1. The molecule has 2 N–H and O–H groups in total. The van der Waals surface area contributed by atoms with Gasteiger partial charge in [-0.2, -0.15) is 5.10 Å². The maximum Gasteiger partial charge on any atom is 0.165 e. The number of hydrazone groups is 1. The molecule has 0 spiro atoms. The molecule has 2 heterocycles. The number of aryl methyl sites for hydroxylation is 1. The number of hydrogen-bond acceptors (Lipinski definition) is 6. The lowest BCUT2D eigenvalue weighted by molar-refractivity contribution is 0.473. The van der Waals surface area contributed by atoms with Gasteiger partial charge < -0.3 is 5.11 Å². The molecular weight excluding hydrogens is 450 g/mol. The molecule has 0 radical (unpaired) electrons. The van der Waals surface area contributed by atoms with E-state index < -0.39 is 0 Å². The third kappa shape index (κ3) is 4.40. The fourth-order valence-corrected chi connectivity index (χ4v) is 3.33. The van der Waals surface area contributed by atoms with Crippen molar-refractivity contribution in [3.63, 3.8) is 0 Å². The molecule has 0 saturated carbocycles. The second kappa shape index (κ2) is 7.71. The summed E-state index contributed by atoms with van der Waals surface area (Å²) in [5.41, 5.74) is 5.08. The van der Waals surface area contributed by atoms with Gasteiger partial charge in [-0.25, -0.2) is 9.97 Å². The van der Waals surface area contributed by atoms with Gasteiger partial charge in [-0.15, -0.1) is 0 Å². The highest BCUT2D eigenvalue weighted by atomic mass is 79.9. The standard InChI is InChI=1S/C17H13Br2N5O/c1-10-6-15(24-21-9-11-2-4-20-5-3-11)23-17(22-10)13-7-12(18)8-14(19)16(13)25/h2-9,25H,1H3,(H,22,23,24)/b21-9+. The summed E-state index contributed by atoms with van der Waals surface area (Å²) in [6.45, 7) is 1.85. The molecule has 0 fully saturated rings. The number of aromatic nitrogens is 3. The minimum Gasteiger partial charge on any atom is -0.506 e. The number of benzene rings is 1. The first-order valence-corrected chi connectivity index (χ1v) is 8.84. The Hall–Kier alpha value is -2.32. The van der Waals surface area contributed by atoms with Crippen molar-refractivity contribution in [3.05, 3.63) is 62.9 Å². The van der Waals surface area contributed by atoms with Crippen LogP contribution in [0.5, 0.6) is 5.75 Å². The monoisotopic (exact) mass is 461 g/mol. The summed E-state index contributed by atoms with van der Waals surface area (Å²) in [7, 11) is 0. The lowest BCUT2D eigenvalue weighted by Crippen LogP contribution is -1.99. The molecule has 0 aliphatic carbocycles. The van der Waals surface area contributed by atoms with E-state index in [-0.39, 0.29) is 5.75 Å². The predicted octanol–water partition coefficient (Wildman–Crippen LogP) is 4.52. The van der Waals surface area contributed by atoms with Gasteiger partial charge in [-0.3, -0.25) is 10.4 Å². The molecule has 0 unspecified atom stereocenters. The number of phenols is 1. The van der Waals surface area contributed by atoms with Gasteiger partial charge in [-0.1, -0.05) is 15.9 Å². The van der Waals surface area contributed by atoms with Crippen LogP contribution in [0.3, 0.4) is 0 Å². The molecule has 6 nitrogen and oxygen atoms in total. The second-order valence-electron chi connectivity index (χ2n) is 5.15. The third-order valence-corrected chi connectivity index (χ3v) is 4.28. The molecule has 126 valence electrons. The summed E-state index contributed by atoms with van der Waals surface area (Å²) < 4.78 is 1.37. The highest BCUT2D eigenvalue weighted by molar-refractivity contribution is 9.11. The van der Waals surface area contributed by atoms with E-state index in [1.165, 1.54) is 0 Å². The minimum absolute atomic E-state index is 0.0834. The predicted molar refractivity (Wildman–Crippen MR) is 105 cm³/mol. The van der Waals surface area contributed by atoms with Gasteiger partial charge in [0.05, 0.1) is 16.3 Å². The summed E-state index contributed by atoms with van der Waals surface area (Å²) in [5, 5.41) is 14.4. The summed E-state index contributed by atoms with van der Waals surface area (Å²) >= 11 is 6.73. The molecule has 0 atom stereocenters. The maximum atomic E-state index is 10.3. The normalized spacial score (nSPS) is 11.0. The summed E-state index contributed by atoms with van der Waals surface area (Å²) in [4.78, 5) is 12.8. The van der Waals surface area contributed by atoms with E-state index in [9.17, 15) is 5.11 Å². The van der Waals surface area contributed by atoms with Gasteiger partial charge >= 0.3 is 0 Å². The number of pyridine rings is 1. The largest absolute Gasteiger partial charge is 0.506 e. The fourth-order valence-electron chi connectivity index (χ4n) is 2.11. The van der Waals surface area contributed by atoms with Crippen LogP contribution in [0.2, 0.25) is 0 Å². The van der Waals surface area contributed by atoms with Gasteiger partial charge in [0.1, 0.15) is 5.75 Å². The first-order chi connectivity index (χ1) is 12.0. The Morgan fingerprint density at radius 3 is 2.64 bits per heavy atom. The summed E-state index contributed by atoms with van der Waals surface area (Å²) in [5.74, 6) is 1.02. The number of aromatic hydroxyl groups is 1. The topological polar surface area (TPSA) is 83.3 Å². The fraction of sp³-hybridized carbons (Fsp3) is 0.0588. The average molecular weight is 463 g/mol. The van der Waals surface area contributed by atoms with Crippen molar-refractivity contribution >= 4 is 43.9 Å². The first-order valence-electron chi connectivity index (χ1n) is 7.26. The molecule has 0 amide bonds. The van der Waals surface area contributed by atoms with Crippen LogP contribution in [0, 0.1) is 6.92 Å².